The van der Waals surface area contributed by atoms with Crippen LogP contribution in [-0.4, -0.2) is 5.97 Å². The van der Waals surface area contributed by atoms with Gasteiger partial charge in [0.25, 0.3) is 0 Å². The number of ether oxygens (including phenoxy) is 1. The molecular formula is C27H42O2. The number of unbranched alkanes of at least 4 members (excludes halogenated alkanes) is 3. The van der Waals surface area contributed by atoms with Gasteiger partial charge in [-0.05, 0) is 62.0 Å². The number of carbonyl (C=O) groups excluding carboxylic acids is 1. The van der Waals surface area contributed by atoms with Gasteiger partial charge in [-0.3, -0.25) is 4.79 Å². The van der Waals surface area contributed by atoms with Crippen LogP contribution in [0, 0.1) is 17.8 Å². The summed E-state index contributed by atoms with van der Waals surface area (Å²) < 4.78 is 5.49. The summed E-state index contributed by atoms with van der Waals surface area (Å²) >= 11 is 0. The van der Waals surface area contributed by atoms with Crippen LogP contribution >= 0.6 is 0 Å². The summed E-state index contributed by atoms with van der Waals surface area (Å²) in [5, 5.41) is 0. The molecule has 0 saturated heterocycles. The van der Waals surface area contributed by atoms with Crippen molar-refractivity contribution in [2.75, 3.05) is 0 Å². The topological polar surface area (TPSA) is 26.3 Å². The molecule has 0 heterocycles. The molecule has 0 aliphatic heterocycles. The fourth-order valence-electron chi connectivity index (χ4n) is 4.64. The molecule has 29 heavy (non-hydrogen) atoms. The predicted octanol–water partition coefficient (Wildman–Crippen LogP) is 8.12. The highest BCUT2D eigenvalue weighted by atomic mass is 16.5. The average molecular weight is 399 g/mol. The van der Waals surface area contributed by atoms with E-state index in [1.54, 1.807) is 5.57 Å². The van der Waals surface area contributed by atoms with Gasteiger partial charge in [0, 0.05) is 6.42 Å². The van der Waals surface area contributed by atoms with Crippen molar-refractivity contribution in [2.45, 2.75) is 97.8 Å². The van der Waals surface area contributed by atoms with Gasteiger partial charge in [0.05, 0.1) is 0 Å². The lowest BCUT2D eigenvalue weighted by Crippen LogP contribution is -2.18. The highest BCUT2D eigenvalue weighted by Gasteiger charge is 2.24. The van der Waals surface area contributed by atoms with Crippen molar-refractivity contribution in [1.82, 2.24) is 0 Å². The first-order valence-corrected chi connectivity index (χ1v) is 12.1. The Kier molecular flexibility index (Phi) is 11.1. The smallest absolute Gasteiger partial charge is 0.311 e. The number of carbonyl (C=O) groups is 1. The first kappa shape index (κ1) is 23.7. The molecule has 2 rings (SSSR count). The number of hydrogen-bond donors (Lipinski definition) is 0. The molecule has 0 fully saturated rings. The maximum absolute atomic E-state index is 12.3. The lowest BCUT2D eigenvalue weighted by Gasteiger charge is -2.30. The highest BCUT2D eigenvalue weighted by molar-refractivity contribution is 5.72. The van der Waals surface area contributed by atoms with Gasteiger partial charge in [-0.15, -0.1) is 0 Å². The number of allylic oxidation sites excluding steroid dienone is 2. The molecule has 0 radical (unpaired) electrons. The van der Waals surface area contributed by atoms with Crippen LogP contribution in [0.1, 0.15) is 97.8 Å². The Morgan fingerprint density at radius 2 is 1.79 bits per heavy atom. The van der Waals surface area contributed by atoms with Crippen LogP contribution in [-0.2, 0) is 4.79 Å². The summed E-state index contributed by atoms with van der Waals surface area (Å²) in [4.78, 5) is 12.3. The van der Waals surface area contributed by atoms with E-state index in [-0.39, 0.29) is 5.97 Å². The standard InChI is InChI=1S/C27H42O2/c1-4-6-9-12-22(3)23-16-18-25(19-17-23)24(13-7-5-2)20-21-27(28)29-26-14-10-8-11-15-26/h8,10-11,14-15,18,22-24H,4-7,9,12-13,16-17,19-21H2,1-3H3. The van der Waals surface area contributed by atoms with E-state index < -0.39 is 0 Å². The molecule has 0 spiro atoms. The Bertz CT molecular complexity index is 604. The highest BCUT2D eigenvalue weighted by Crippen LogP contribution is 2.37. The number of rotatable bonds is 13. The monoisotopic (exact) mass is 398 g/mol. The van der Waals surface area contributed by atoms with E-state index >= 15 is 0 Å². The van der Waals surface area contributed by atoms with Gasteiger partial charge in [0.2, 0.25) is 0 Å². The zero-order valence-electron chi connectivity index (χ0n) is 19.0. The lowest BCUT2D eigenvalue weighted by atomic mass is 9.75. The Balaban J connectivity index is 1.84. The number of para-hydroxylation sites is 1. The number of benzene rings is 1. The molecule has 2 nitrogen and oxygen atoms in total. The van der Waals surface area contributed by atoms with Crippen LogP contribution in [0.2, 0.25) is 0 Å². The summed E-state index contributed by atoms with van der Waals surface area (Å²) in [6.45, 7) is 6.99. The summed E-state index contributed by atoms with van der Waals surface area (Å²) in [5.74, 6) is 2.80. The maximum atomic E-state index is 12.3. The minimum absolute atomic E-state index is 0.100. The SMILES string of the molecule is CCCCCC(C)C1CC=C(C(CCCC)CCC(=O)Oc2ccccc2)CC1. The first-order valence-electron chi connectivity index (χ1n) is 12.1. The largest absolute Gasteiger partial charge is 0.427 e. The van der Waals surface area contributed by atoms with Crippen molar-refractivity contribution in [2.24, 2.45) is 17.8 Å². The van der Waals surface area contributed by atoms with Crippen molar-refractivity contribution in [1.29, 1.82) is 0 Å². The average Bonchev–Trinajstić information content (AvgIpc) is 2.75. The van der Waals surface area contributed by atoms with Crippen LogP contribution < -0.4 is 4.74 Å². The third kappa shape index (κ3) is 8.76. The van der Waals surface area contributed by atoms with Crippen LogP contribution in [0.5, 0.6) is 5.75 Å². The fraction of sp³-hybridized carbons (Fsp3) is 0.667. The summed E-state index contributed by atoms with van der Waals surface area (Å²) in [6, 6.07) is 9.43. The second kappa shape index (κ2) is 13.6. The molecule has 162 valence electrons. The molecule has 3 unspecified atom stereocenters. The van der Waals surface area contributed by atoms with E-state index in [0.717, 1.165) is 18.3 Å². The second-order valence-electron chi connectivity index (χ2n) is 8.95. The lowest BCUT2D eigenvalue weighted by molar-refractivity contribution is -0.134. The second-order valence-corrected chi connectivity index (χ2v) is 8.95. The van der Waals surface area contributed by atoms with Crippen molar-refractivity contribution in [3.63, 3.8) is 0 Å². The van der Waals surface area contributed by atoms with Crippen LogP contribution in [0.4, 0.5) is 0 Å². The quantitative estimate of drug-likeness (QED) is 0.145. The Hall–Kier alpha value is -1.57. The predicted molar refractivity (Wildman–Crippen MR) is 123 cm³/mol. The molecular weight excluding hydrogens is 356 g/mol. The molecule has 0 bridgehead atoms. The molecule has 2 heteroatoms. The third-order valence-electron chi connectivity index (χ3n) is 6.66. The van der Waals surface area contributed by atoms with Gasteiger partial charge in [-0.1, -0.05) is 89.1 Å². The van der Waals surface area contributed by atoms with Crippen LogP contribution in [0.3, 0.4) is 0 Å². The van der Waals surface area contributed by atoms with E-state index in [1.807, 2.05) is 30.3 Å². The number of hydrogen-bond acceptors (Lipinski definition) is 2. The Morgan fingerprint density at radius 1 is 1.03 bits per heavy atom. The summed E-state index contributed by atoms with van der Waals surface area (Å²) in [7, 11) is 0. The van der Waals surface area contributed by atoms with Gasteiger partial charge < -0.3 is 4.74 Å². The van der Waals surface area contributed by atoms with E-state index in [1.165, 1.54) is 64.2 Å². The van der Waals surface area contributed by atoms with Crippen molar-refractivity contribution < 1.29 is 9.53 Å². The van der Waals surface area contributed by atoms with Gasteiger partial charge in [0.15, 0.2) is 0 Å². The molecule has 0 N–H and O–H groups in total. The van der Waals surface area contributed by atoms with E-state index in [0.29, 0.717) is 18.1 Å². The van der Waals surface area contributed by atoms with Crippen molar-refractivity contribution in [3.8, 4) is 5.75 Å². The van der Waals surface area contributed by atoms with Crippen molar-refractivity contribution >= 4 is 5.97 Å². The van der Waals surface area contributed by atoms with Gasteiger partial charge >= 0.3 is 5.97 Å². The first-order chi connectivity index (χ1) is 14.1. The molecule has 0 amide bonds. The van der Waals surface area contributed by atoms with Crippen LogP contribution in [0.15, 0.2) is 42.0 Å². The van der Waals surface area contributed by atoms with E-state index in [9.17, 15) is 4.79 Å². The molecule has 1 aromatic rings. The van der Waals surface area contributed by atoms with Crippen molar-refractivity contribution in [3.05, 3.63) is 42.0 Å². The minimum Gasteiger partial charge on any atom is -0.427 e. The van der Waals surface area contributed by atoms with E-state index in [2.05, 4.69) is 26.8 Å². The maximum Gasteiger partial charge on any atom is 0.311 e. The Labute approximate surface area is 179 Å². The van der Waals surface area contributed by atoms with Gasteiger partial charge in [-0.2, -0.15) is 0 Å². The molecule has 1 aliphatic carbocycles. The zero-order valence-corrected chi connectivity index (χ0v) is 19.0. The third-order valence-corrected chi connectivity index (χ3v) is 6.66. The summed E-state index contributed by atoms with van der Waals surface area (Å²) in [5.41, 5.74) is 1.61. The molecule has 3 atom stereocenters. The minimum atomic E-state index is -0.100. The molecule has 1 aliphatic rings. The fourth-order valence-corrected chi connectivity index (χ4v) is 4.64. The molecule has 0 aromatic heterocycles. The van der Waals surface area contributed by atoms with Crippen LogP contribution in [0.25, 0.3) is 0 Å². The zero-order chi connectivity index (χ0) is 20.9. The van der Waals surface area contributed by atoms with E-state index in [4.69, 9.17) is 4.74 Å². The van der Waals surface area contributed by atoms with Gasteiger partial charge in [0.1, 0.15) is 5.75 Å². The molecule has 0 saturated carbocycles. The normalized spacial score (nSPS) is 18.7. The summed E-state index contributed by atoms with van der Waals surface area (Å²) in [6.07, 6.45) is 16.9. The molecule has 1 aromatic carbocycles. The number of esters is 1. The van der Waals surface area contributed by atoms with Gasteiger partial charge in [-0.25, -0.2) is 0 Å². The Morgan fingerprint density at radius 3 is 2.45 bits per heavy atom.